The average molecular weight is 112 g/mol. The fourth-order valence-corrected chi connectivity index (χ4v) is 0.406. The number of hydrogen-bond donors (Lipinski definition) is 2. The standard InChI is InChI=1S/C6H12N2/c1-6(2-4-7)3-5-8/h2-4H,5,7-8H2,1H3/b4-2-,6-3-. The van der Waals surface area contributed by atoms with Crippen molar-refractivity contribution in [3.05, 3.63) is 23.9 Å². The molecule has 0 aliphatic heterocycles. The molecule has 0 unspecified atom stereocenters. The highest BCUT2D eigenvalue weighted by Crippen LogP contribution is 1.89. The van der Waals surface area contributed by atoms with Crippen LogP contribution < -0.4 is 11.5 Å². The minimum absolute atomic E-state index is 0.580. The van der Waals surface area contributed by atoms with Crippen molar-refractivity contribution in [3.8, 4) is 0 Å². The van der Waals surface area contributed by atoms with Crippen LogP contribution in [0.1, 0.15) is 6.92 Å². The highest BCUT2D eigenvalue weighted by atomic mass is 14.5. The molecule has 0 rings (SSSR count). The summed E-state index contributed by atoms with van der Waals surface area (Å²) in [5.41, 5.74) is 11.4. The molecule has 4 N–H and O–H groups in total. The third-order valence-electron chi connectivity index (χ3n) is 0.799. The van der Waals surface area contributed by atoms with Crippen LogP contribution in [0.15, 0.2) is 23.9 Å². The second kappa shape index (κ2) is 4.40. The van der Waals surface area contributed by atoms with Crippen molar-refractivity contribution in [2.24, 2.45) is 11.5 Å². The van der Waals surface area contributed by atoms with Gasteiger partial charge in [-0.15, -0.1) is 0 Å². The lowest BCUT2D eigenvalue weighted by Gasteiger charge is -1.85. The van der Waals surface area contributed by atoms with E-state index < -0.39 is 0 Å². The van der Waals surface area contributed by atoms with E-state index in [9.17, 15) is 0 Å². The largest absolute Gasteiger partial charge is 0.405 e. The van der Waals surface area contributed by atoms with Crippen LogP contribution in [-0.2, 0) is 0 Å². The molecule has 0 aliphatic carbocycles. The van der Waals surface area contributed by atoms with E-state index in [4.69, 9.17) is 11.5 Å². The molecule has 0 radical (unpaired) electrons. The molecule has 0 spiro atoms. The van der Waals surface area contributed by atoms with E-state index in [0.717, 1.165) is 5.57 Å². The van der Waals surface area contributed by atoms with Gasteiger partial charge in [-0.05, 0) is 19.2 Å². The maximum atomic E-state index is 5.21. The molecule has 0 fully saturated rings. The van der Waals surface area contributed by atoms with Crippen molar-refractivity contribution in [1.82, 2.24) is 0 Å². The zero-order valence-corrected chi connectivity index (χ0v) is 5.09. The Morgan fingerprint density at radius 2 is 2.25 bits per heavy atom. The van der Waals surface area contributed by atoms with Crippen LogP contribution in [-0.4, -0.2) is 6.54 Å². The third-order valence-corrected chi connectivity index (χ3v) is 0.799. The fourth-order valence-electron chi connectivity index (χ4n) is 0.406. The van der Waals surface area contributed by atoms with Gasteiger partial charge in [-0.25, -0.2) is 0 Å². The van der Waals surface area contributed by atoms with Gasteiger partial charge in [-0.2, -0.15) is 0 Å². The second-order valence-electron chi connectivity index (χ2n) is 1.54. The molecule has 46 valence electrons. The summed E-state index contributed by atoms with van der Waals surface area (Å²) in [7, 11) is 0. The molecule has 0 aromatic carbocycles. The van der Waals surface area contributed by atoms with Gasteiger partial charge in [0.25, 0.3) is 0 Å². The lowest BCUT2D eigenvalue weighted by Crippen LogP contribution is -1.93. The maximum Gasteiger partial charge on any atom is 0.0112 e. The van der Waals surface area contributed by atoms with Gasteiger partial charge in [0.15, 0.2) is 0 Å². The highest BCUT2D eigenvalue weighted by Gasteiger charge is 1.74. The Labute approximate surface area is 49.9 Å². The molecule has 8 heavy (non-hydrogen) atoms. The highest BCUT2D eigenvalue weighted by molar-refractivity contribution is 5.14. The van der Waals surface area contributed by atoms with Crippen LogP contribution in [0.25, 0.3) is 0 Å². The van der Waals surface area contributed by atoms with Crippen molar-refractivity contribution in [1.29, 1.82) is 0 Å². The second-order valence-corrected chi connectivity index (χ2v) is 1.54. The Balaban J connectivity index is 3.61. The molecule has 0 saturated carbocycles. The van der Waals surface area contributed by atoms with Crippen molar-refractivity contribution in [3.63, 3.8) is 0 Å². The zero-order valence-electron chi connectivity index (χ0n) is 5.09. The average Bonchev–Trinajstić information content (AvgIpc) is 1.68. The van der Waals surface area contributed by atoms with Crippen LogP contribution in [0, 0.1) is 0 Å². The van der Waals surface area contributed by atoms with Crippen LogP contribution in [0.2, 0.25) is 0 Å². The van der Waals surface area contributed by atoms with Crippen LogP contribution >= 0.6 is 0 Å². The van der Waals surface area contributed by atoms with Crippen molar-refractivity contribution < 1.29 is 0 Å². The van der Waals surface area contributed by atoms with Gasteiger partial charge in [0.1, 0.15) is 0 Å². The SMILES string of the molecule is CC(/C=C\N)=C/CN. The lowest BCUT2D eigenvalue weighted by atomic mass is 10.3. The molecule has 0 aromatic rings. The predicted molar refractivity (Wildman–Crippen MR) is 36.1 cm³/mol. The molecule has 0 bridgehead atoms. The van der Waals surface area contributed by atoms with Crippen molar-refractivity contribution in [2.45, 2.75) is 6.92 Å². The van der Waals surface area contributed by atoms with Gasteiger partial charge in [0.2, 0.25) is 0 Å². The summed E-state index contributed by atoms with van der Waals surface area (Å²) in [6, 6.07) is 0. The van der Waals surface area contributed by atoms with E-state index >= 15 is 0 Å². The topological polar surface area (TPSA) is 52.0 Å². The molecule has 2 nitrogen and oxygen atoms in total. The molecule has 0 aromatic heterocycles. The zero-order chi connectivity index (χ0) is 6.41. The first kappa shape index (κ1) is 7.24. The lowest BCUT2D eigenvalue weighted by molar-refractivity contribution is 1.23. The molecular weight excluding hydrogens is 100 g/mol. The molecular formula is C6H12N2. The Hall–Kier alpha value is -0.760. The van der Waals surface area contributed by atoms with Crippen LogP contribution in [0.3, 0.4) is 0 Å². The minimum atomic E-state index is 0.580. The number of rotatable bonds is 2. The first-order valence-corrected chi connectivity index (χ1v) is 2.56. The van der Waals surface area contributed by atoms with E-state index in [-0.39, 0.29) is 0 Å². The van der Waals surface area contributed by atoms with E-state index in [1.165, 1.54) is 6.20 Å². The van der Waals surface area contributed by atoms with Gasteiger partial charge in [0.05, 0.1) is 0 Å². The van der Waals surface area contributed by atoms with Gasteiger partial charge in [-0.3, -0.25) is 0 Å². The molecule has 0 atom stereocenters. The number of allylic oxidation sites excluding steroid dienone is 2. The predicted octanol–water partition coefficient (Wildman–Crippen LogP) is 0.364. The van der Waals surface area contributed by atoms with E-state index in [0.29, 0.717) is 6.54 Å². The summed E-state index contributed by atoms with van der Waals surface area (Å²) in [5, 5.41) is 0. The molecule has 2 heteroatoms. The van der Waals surface area contributed by atoms with Crippen LogP contribution in [0.4, 0.5) is 0 Å². The summed E-state index contributed by atoms with van der Waals surface area (Å²) >= 11 is 0. The smallest absolute Gasteiger partial charge is 0.0112 e. The number of nitrogens with two attached hydrogens (primary N) is 2. The summed E-state index contributed by atoms with van der Waals surface area (Å²) in [5.74, 6) is 0. The van der Waals surface area contributed by atoms with E-state index in [2.05, 4.69) is 0 Å². The normalized spacial score (nSPS) is 13.0. The van der Waals surface area contributed by atoms with E-state index in [1.807, 2.05) is 19.1 Å². The van der Waals surface area contributed by atoms with Gasteiger partial charge in [-0.1, -0.05) is 11.6 Å². The molecule has 0 amide bonds. The Morgan fingerprint density at radius 1 is 1.62 bits per heavy atom. The Kier molecular flexibility index (Phi) is 3.98. The summed E-state index contributed by atoms with van der Waals surface area (Å²) in [6.07, 6.45) is 5.22. The van der Waals surface area contributed by atoms with E-state index in [1.54, 1.807) is 0 Å². The van der Waals surface area contributed by atoms with Crippen molar-refractivity contribution >= 4 is 0 Å². The Bertz CT molecular complexity index is 103. The van der Waals surface area contributed by atoms with Gasteiger partial charge < -0.3 is 11.5 Å². The van der Waals surface area contributed by atoms with Gasteiger partial charge in [0, 0.05) is 6.54 Å². The summed E-state index contributed by atoms with van der Waals surface area (Å²) in [4.78, 5) is 0. The van der Waals surface area contributed by atoms with Crippen molar-refractivity contribution in [2.75, 3.05) is 6.54 Å². The summed E-state index contributed by atoms with van der Waals surface area (Å²) < 4.78 is 0. The summed E-state index contributed by atoms with van der Waals surface area (Å²) in [6.45, 7) is 2.53. The maximum absolute atomic E-state index is 5.21. The quantitative estimate of drug-likeness (QED) is 0.507. The first-order valence-electron chi connectivity index (χ1n) is 2.56. The van der Waals surface area contributed by atoms with Gasteiger partial charge >= 0.3 is 0 Å². The monoisotopic (exact) mass is 112 g/mol. The fraction of sp³-hybridized carbons (Fsp3) is 0.333. The molecule has 0 heterocycles. The van der Waals surface area contributed by atoms with Crippen LogP contribution in [0.5, 0.6) is 0 Å². The molecule has 0 aliphatic rings. The Morgan fingerprint density at radius 3 is 2.62 bits per heavy atom. The number of hydrogen-bond acceptors (Lipinski definition) is 2. The third kappa shape index (κ3) is 3.43. The minimum Gasteiger partial charge on any atom is -0.405 e. The molecule has 0 saturated heterocycles. The first-order chi connectivity index (χ1) is 3.81.